The first-order valence-corrected chi connectivity index (χ1v) is 6.91. The monoisotopic (exact) mass is 319 g/mol. The van der Waals surface area contributed by atoms with Crippen molar-refractivity contribution < 1.29 is 33.1 Å². The first kappa shape index (κ1) is 15.0. The van der Waals surface area contributed by atoms with Crippen LogP contribution in [-0.4, -0.2) is 28.5 Å². The van der Waals surface area contributed by atoms with Crippen LogP contribution in [0.1, 0.15) is 32.4 Å². The lowest BCUT2D eigenvalue weighted by atomic mass is 9.98. The Hall–Kier alpha value is -2.90. The van der Waals surface area contributed by atoms with E-state index < -0.39 is 34.9 Å². The molecular formula is C15H13NO7. The molecule has 8 nitrogen and oxygen atoms in total. The minimum Gasteiger partial charge on any atom is -0.465 e. The highest BCUT2D eigenvalue weighted by atomic mass is 16.6. The number of carbonyl (C=O) groups is 4. The number of carbonyl (C=O) groups excluding carboxylic acids is 4. The number of nitrogens with zero attached hydrogens (tertiary/aromatic N) is 1. The van der Waals surface area contributed by atoms with Crippen molar-refractivity contribution in [1.82, 2.24) is 4.90 Å². The van der Waals surface area contributed by atoms with Gasteiger partial charge in [-0.3, -0.25) is 19.2 Å². The van der Waals surface area contributed by atoms with Crippen molar-refractivity contribution in [2.75, 3.05) is 0 Å². The van der Waals surface area contributed by atoms with E-state index in [1.54, 1.807) is 6.07 Å². The average Bonchev–Trinajstić information content (AvgIpc) is 3.17. The summed E-state index contributed by atoms with van der Waals surface area (Å²) in [5.41, 5.74) is -1.62. The molecule has 8 heteroatoms. The van der Waals surface area contributed by atoms with E-state index >= 15 is 0 Å². The Labute approximate surface area is 130 Å². The van der Waals surface area contributed by atoms with E-state index in [1.165, 1.54) is 19.3 Å². The number of hydrogen-bond donors (Lipinski definition) is 0. The van der Waals surface area contributed by atoms with E-state index in [-0.39, 0.29) is 24.5 Å². The maximum Gasteiger partial charge on any atom is 0.308 e. The van der Waals surface area contributed by atoms with Crippen molar-refractivity contribution in [3.63, 3.8) is 0 Å². The summed E-state index contributed by atoms with van der Waals surface area (Å²) in [6.07, 6.45) is 1.36. The lowest BCUT2D eigenvalue weighted by Gasteiger charge is -2.22. The lowest BCUT2D eigenvalue weighted by molar-refractivity contribution is -0.145. The van der Waals surface area contributed by atoms with Gasteiger partial charge in [0.05, 0.1) is 6.26 Å². The van der Waals surface area contributed by atoms with Gasteiger partial charge in [0.1, 0.15) is 0 Å². The molecule has 0 radical (unpaired) electrons. The number of Topliss-reactive ketones (excluding diaryl/α,β-unsaturated/α-hetero) is 1. The Morgan fingerprint density at radius 3 is 2.43 bits per heavy atom. The number of amides is 2. The summed E-state index contributed by atoms with van der Waals surface area (Å²) < 4.78 is 15.7. The Balaban J connectivity index is 2.07. The van der Waals surface area contributed by atoms with Crippen molar-refractivity contribution in [3.8, 4) is 0 Å². The van der Waals surface area contributed by atoms with Gasteiger partial charge in [-0.1, -0.05) is 0 Å². The van der Waals surface area contributed by atoms with E-state index in [0.717, 1.165) is 11.8 Å². The number of ether oxygens (including phenoxy) is 2. The number of ketones is 1. The van der Waals surface area contributed by atoms with Crippen molar-refractivity contribution >= 4 is 23.6 Å². The molecule has 23 heavy (non-hydrogen) atoms. The topological polar surface area (TPSA) is 103 Å². The normalized spacial score (nSPS) is 24.4. The third kappa shape index (κ3) is 2.23. The lowest BCUT2D eigenvalue weighted by Crippen LogP contribution is -2.33. The fraction of sp³-hybridized carbons (Fsp3) is 0.333. The van der Waals surface area contributed by atoms with Crippen molar-refractivity contribution in [3.05, 3.63) is 35.8 Å². The molecule has 1 unspecified atom stereocenters. The summed E-state index contributed by atoms with van der Waals surface area (Å²) >= 11 is 0. The van der Waals surface area contributed by atoms with E-state index in [9.17, 15) is 19.2 Å². The quantitative estimate of drug-likeness (QED) is 0.604. The van der Waals surface area contributed by atoms with Gasteiger partial charge in [0.2, 0.25) is 23.2 Å². The highest BCUT2D eigenvalue weighted by molar-refractivity contribution is 6.08. The minimum absolute atomic E-state index is 0.00466. The summed E-state index contributed by atoms with van der Waals surface area (Å²) in [6.45, 7) is 2.52. The number of esters is 1. The summed E-state index contributed by atoms with van der Waals surface area (Å²) in [5.74, 6) is -3.18. The zero-order valence-corrected chi connectivity index (χ0v) is 12.5. The van der Waals surface area contributed by atoms with Crippen LogP contribution in [0.15, 0.2) is 34.5 Å². The Morgan fingerprint density at radius 2 is 1.91 bits per heavy atom. The number of hydrogen-bond acceptors (Lipinski definition) is 7. The fourth-order valence-electron chi connectivity index (χ4n) is 2.50. The van der Waals surface area contributed by atoms with Gasteiger partial charge in [0, 0.05) is 19.8 Å². The highest BCUT2D eigenvalue weighted by Gasteiger charge is 2.55. The van der Waals surface area contributed by atoms with Crippen LogP contribution in [-0.2, 0) is 34.3 Å². The molecule has 1 saturated heterocycles. The Bertz CT molecular complexity index is 730. The van der Waals surface area contributed by atoms with Gasteiger partial charge in [0.15, 0.2) is 5.76 Å². The molecule has 0 aromatic carbocycles. The second-order valence-corrected chi connectivity index (χ2v) is 5.29. The van der Waals surface area contributed by atoms with Gasteiger partial charge in [0.25, 0.3) is 11.7 Å². The van der Waals surface area contributed by atoms with Crippen LogP contribution in [0, 0.1) is 0 Å². The second kappa shape index (κ2) is 5.08. The van der Waals surface area contributed by atoms with Crippen molar-refractivity contribution in [2.45, 2.75) is 32.3 Å². The minimum atomic E-state index is -1.62. The largest absolute Gasteiger partial charge is 0.465 e. The maximum atomic E-state index is 12.7. The molecule has 0 aliphatic carbocycles. The molecule has 2 aliphatic rings. The molecule has 3 heterocycles. The van der Waals surface area contributed by atoms with Crippen LogP contribution in [0.25, 0.3) is 0 Å². The van der Waals surface area contributed by atoms with Gasteiger partial charge in [-0.05, 0) is 19.1 Å². The van der Waals surface area contributed by atoms with Crippen LogP contribution < -0.4 is 0 Å². The van der Waals surface area contributed by atoms with Crippen LogP contribution in [0.5, 0.6) is 0 Å². The molecule has 2 amide bonds. The molecule has 0 bridgehead atoms. The molecule has 1 fully saturated rings. The van der Waals surface area contributed by atoms with Crippen molar-refractivity contribution in [2.24, 2.45) is 0 Å². The summed E-state index contributed by atoms with van der Waals surface area (Å²) in [5, 5.41) is 0. The van der Waals surface area contributed by atoms with Crippen LogP contribution >= 0.6 is 0 Å². The fourth-order valence-corrected chi connectivity index (χ4v) is 2.50. The molecule has 1 atom stereocenters. The van der Waals surface area contributed by atoms with E-state index in [2.05, 4.69) is 0 Å². The smallest absolute Gasteiger partial charge is 0.308 e. The first-order chi connectivity index (χ1) is 10.8. The van der Waals surface area contributed by atoms with E-state index in [4.69, 9.17) is 13.9 Å². The summed E-state index contributed by atoms with van der Waals surface area (Å²) in [4.78, 5) is 48.5. The van der Waals surface area contributed by atoms with Gasteiger partial charge in [-0.2, -0.15) is 0 Å². The second-order valence-electron chi connectivity index (χ2n) is 5.29. The maximum absolute atomic E-state index is 12.7. The van der Waals surface area contributed by atoms with Gasteiger partial charge in [-0.15, -0.1) is 0 Å². The summed E-state index contributed by atoms with van der Waals surface area (Å²) in [7, 11) is 0. The molecule has 0 spiro atoms. The Kier molecular flexibility index (Phi) is 3.32. The molecule has 3 rings (SSSR count). The molecular weight excluding hydrogens is 306 g/mol. The summed E-state index contributed by atoms with van der Waals surface area (Å²) in [6, 6.07) is 3.08. The molecule has 0 saturated carbocycles. The average molecular weight is 319 g/mol. The molecule has 1 aromatic heterocycles. The third-order valence-electron chi connectivity index (χ3n) is 3.63. The van der Waals surface area contributed by atoms with Crippen molar-refractivity contribution in [1.29, 1.82) is 0 Å². The first-order valence-electron chi connectivity index (χ1n) is 6.91. The molecule has 2 aliphatic heterocycles. The number of rotatable bonds is 3. The SMILES string of the molecule is CC(=O)OC1=C(N2C(=O)CCC2=O)OC(C)(c2ccco2)C1=O. The highest BCUT2D eigenvalue weighted by Crippen LogP contribution is 2.41. The molecule has 0 N–H and O–H groups in total. The van der Waals surface area contributed by atoms with E-state index in [0.29, 0.717) is 0 Å². The van der Waals surface area contributed by atoms with Crippen LogP contribution in [0.4, 0.5) is 0 Å². The number of likely N-dealkylation sites (tertiary alicyclic amines) is 1. The standard InChI is InChI=1S/C15H13NO7/c1-8(17)22-12-13(20)15(2,9-4-3-7-21-9)23-14(12)16-10(18)5-6-11(16)19/h3-4,7H,5-6H2,1-2H3. The van der Waals surface area contributed by atoms with E-state index in [1.807, 2.05) is 0 Å². The van der Waals surface area contributed by atoms with Gasteiger partial charge in [-0.25, -0.2) is 4.90 Å². The van der Waals surface area contributed by atoms with Crippen LogP contribution in [0.2, 0.25) is 0 Å². The predicted molar refractivity (Wildman–Crippen MR) is 72.0 cm³/mol. The zero-order chi connectivity index (χ0) is 16.8. The predicted octanol–water partition coefficient (Wildman–Crippen LogP) is 0.975. The number of furan rings is 1. The van der Waals surface area contributed by atoms with Gasteiger partial charge < -0.3 is 13.9 Å². The van der Waals surface area contributed by atoms with Gasteiger partial charge >= 0.3 is 5.97 Å². The Morgan fingerprint density at radius 1 is 1.26 bits per heavy atom. The van der Waals surface area contributed by atoms with Crippen LogP contribution in [0.3, 0.4) is 0 Å². The molecule has 1 aromatic rings. The third-order valence-corrected chi connectivity index (χ3v) is 3.63. The zero-order valence-electron chi connectivity index (χ0n) is 12.5. The molecule has 120 valence electrons. The number of imide groups is 1.